The zero-order valence-corrected chi connectivity index (χ0v) is 16.3. The van der Waals surface area contributed by atoms with Gasteiger partial charge in [0.15, 0.2) is 11.6 Å². The number of aromatic nitrogens is 3. The van der Waals surface area contributed by atoms with E-state index in [9.17, 15) is 0 Å². The molecule has 0 unspecified atom stereocenters. The summed E-state index contributed by atoms with van der Waals surface area (Å²) >= 11 is 0. The predicted molar refractivity (Wildman–Crippen MR) is 110 cm³/mol. The van der Waals surface area contributed by atoms with Crippen LogP contribution in [0.25, 0.3) is 22.8 Å². The number of nitrogens with zero attached hydrogens (tertiary/aromatic N) is 3. The number of ether oxygens (including phenoxy) is 1. The number of halogens is 1. The third-order valence-electron chi connectivity index (χ3n) is 4.71. The standard InChI is InChI=1S/C21H24N4O.ClH/c1-2-26-19-10-8-17(9-11-19)20-22-21(24-23-20)18-7-5-6-16(14-18)15-25-12-3-4-13-25;/h5-11,14H,2-4,12-13,15H2,1H3,(H,22,23,24);1H. The van der Waals surface area contributed by atoms with Crippen molar-refractivity contribution < 1.29 is 4.74 Å². The molecule has 1 aliphatic rings. The highest BCUT2D eigenvalue weighted by molar-refractivity contribution is 5.85. The Kier molecular flexibility index (Phi) is 6.48. The Morgan fingerprint density at radius 2 is 1.81 bits per heavy atom. The first-order valence-electron chi connectivity index (χ1n) is 9.29. The van der Waals surface area contributed by atoms with Gasteiger partial charge in [0.2, 0.25) is 0 Å². The molecule has 4 rings (SSSR count). The van der Waals surface area contributed by atoms with E-state index in [0.29, 0.717) is 6.61 Å². The van der Waals surface area contributed by atoms with Crippen LogP contribution in [0.3, 0.4) is 0 Å². The van der Waals surface area contributed by atoms with Gasteiger partial charge in [-0.3, -0.25) is 10.00 Å². The normalized spacial score (nSPS) is 14.1. The van der Waals surface area contributed by atoms with Crippen molar-refractivity contribution in [3.8, 4) is 28.5 Å². The quantitative estimate of drug-likeness (QED) is 0.677. The summed E-state index contributed by atoms with van der Waals surface area (Å²) in [6, 6.07) is 16.4. The molecule has 27 heavy (non-hydrogen) atoms. The third-order valence-corrected chi connectivity index (χ3v) is 4.71. The number of likely N-dealkylation sites (tertiary alicyclic amines) is 1. The van der Waals surface area contributed by atoms with Crippen LogP contribution in [0.4, 0.5) is 0 Å². The van der Waals surface area contributed by atoms with Gasteiger partial charge in [0.05, 0.1) is 6.61 Å². The van der Waals surface area contributed by atoms with Gasteiger partial charge >= 0.3 is 0 Å². The average Bonchev–Trinajstić information content (AvgIpc) is 3.35. The molecule has 1 aliphatic heterocycles. The van der Waals surface area contributed by atoms with E-state index in [0.717, 1.165) is 35.1 Å². The molecular weight excluding hydrogens is 360 g/mol. The molecule has 0 spiro atoms. The molecule has 1 fully saturated rings. The average molecular weight is 385 g/mol. The summed E-state index contributed by atoms with van der Waals surface area (Å²) in [7, 11) is 0. The maximum absolute atomic E-state index is 5.49. The van der Waals surface area contributed by atoms with Gasteiger partial charge in [-0.05, 0) is 68.8 Å². The van der Waals surface area contributed by atoms with Crippen LogP contribution < -0.4 is 4.74 Å². The molecule has 3 aromatic rings. The van der Waals surface area contributed by atoms with Gasteiger partial charge in [0.25, 0.3) is 0 Å². The second-order valence-electron chi connectivity index (χ2n) is 6.65. The molecule has 5 nitrogen and oxygen atoms in total. The lowest BCUT2D eigenvalue weighted by Crippen LogP contribution is -2.18. The fourth-order valence-corrected chi connectivity index (χ4v) is 3.40. The lowest BCUT2D eigenvalue weighted by Gasteiger charge is -2.14. The van der Waals surface area contributed by atoms with E-state index in [1.165, 1.54) is 31.5 Å². The Balaban J connectivity index is 0.00000210. The van der Waals surface area contributed by atoms with E-state index in [2.05, 4.69) is 44.3 Å². The van der Waals surface area contributed by atoms with E-state index in [-0.39, 0.29) is 12.4 Å². The molecule has 0 saturated carbocycles. The van der Waals surface area contributed by atoms with Crippen molar-refractivity contribution in [2.24, 2.45) is 0 Å². The Bertz CT molecular complexity index is 857. The van der Waals surface area contributed by atoms with Crippen molar-refractivity contribution >= 4 is 12.4 Å². The summed E-state index contributed by atoms with van der Waals surface area (Å²) in [4.78, 5) is 7.18. The van der Waals surface area contributed by atoms with Crippen molar-refractivity contribution in [3.05, 3.63) is 54.1 Å². The summed E-state index contributed by atoms with van der Waals surface area (Å²) in [6.45, 7) is 6.05. The topological polar surface area (TPSA) is 54.0 Å². The molecule has 0 amide bonds. The number of H-pyrrole nitrogens is 1. The van der Waals surface area contributed by atoms with Gasteiger partial charge in [-0.2, -0.15) is 5.10 Å². The van der Waals surface area contributed by atoms with E-state index in [1.54, 1.807) is 0 Å². The summed E-state index contributed by atoms with van der Waals surface area (Å²) in [6.07, 6.45) is 2.62. The summed E-state index contributed by atoms with van der Waals surface area (Å²) < 4.78 is 5.49. The third kappa shape index (κ3) is 4.67. The van der Waals surface area contributed by atoms with Crippen molar-refractivity contribution in [1.82, 2.24) is 20.1 Å². The zero-order valence-electron chi connectivity index (χ0n) is 15.5. The molecule has 2 heterocycles. The van der Waals surface area contributed by atoms with Crippen LogP contribution >= 0.6 is 12.4 Å². The second kappa shape index (κ2) is 9.02. The molecule has 0 aliphatic carbocycles. The summed E-state index contributed by atoms with van der Waals surface area (Å²) in [5, 5.41) is 7.47. The summed E-state index contributed by atoms with van der Waals surface area (Å²) in [5.74, 6) is 2.37. The Morgan fingerprint density at radius 3 is 2.56 bits per heavy atom. The Hall–Kier alpha value is -2.37. The monoisotopic (exact) mass is 384 g/mol. The van der Waals surface area contributed by atoms with Gasteiger partial charge < -0.3 is 4.74 Å². The van der Waals surface area contributed by atoms with Crippen LogP contribution in [-0.2, 0) is 6.54 Å². The van der Waals surface area contributed by atoms with E-state index < -0.39 is 0 Å². The number of aromatic amines is 1. The van der Waals surface area contributed by atoms with Crippen molar-refractivity contribution in [1.29, 1.82) is 0 Å². The van der Waals surface area contributed by atoms with Crippen LogP contribution in [0.15, 0.2) is 48.5 Å². The number of rotatable bonds is 6. The van der Waals surface area contributed by atoms with Gasteiger partial charge in [0.1, 0.15) is 5.75 Å². The molecule has 6 heteroatoms. The number of hydrogen-bond acceptors (Lipinski definition) is 4. The minimum atomic E-state index is 0. The van der Waals surface area contributed by atoms with Crippen LogP contribution in [-0.4, -0.2) is 39.8 Å². The molecule has 1 aromatic heterocycles. The first-order chi connectivity index (χ1) is 12.8. The summed E-state index contributed by atoms with van der Waals surface area (Å²) in [5.41, 5.74) is 3.37. The van der Waals surface area contributed by atoms with E-state index >= 15 is 0 Å². The van der Waals surface area contributed by atoms with E-state index in [1.807, 2.05) is 31.2 Å². The van der Waals surface area contributed by atoms with Crippen molar-refractivity contribution in [2.75, 3.05) is 19.7 Å². The molecule has 0 radical (unpaired) electrons. The first-order valence-corrected chi connectivity index (χ1v) is 9.29. The van der Waals surface area contributed by atoms with Gasteiger partial charge in [-0.15, -0.1) is 12.4 Å². The lowest BCUT2D eigenvalue weighted by molar-refractivity contribution is 0.331. The molecule has 0 atom stereocenters. The highest BCUT2D eigenvalue weighted by atomic mass is 35.5. The van der Waals surface area contributed by atoms with Crippen LogP contribution in [0.5, 0.6) is 5.75 Å². The minimum Gasteiger partial charge on any atom is -0.494 e. The van der Waals surface area contributed by atoms with Crippen LogP contribution in [0.1, 0.15) is 25.3 Å². The molecule has 142 valence electrons. The highest BCUT2D eigenvalue weighted by Gasteiger charge is 2.13. The number of benzene rings is 2. The first kappa shape index (κ1) is 19.4. The predicted octanol–water partition coefficient (Wildman–Crippen LogP) is 4.56. The minimum absolute atomic E-state index is 0. The number of hydrogen-bond donors (Lipinski definition) is 1. The molecular formula is C21H25ClN4O. The largest absolute Gasteiger partial charge is 0.494 e. The van der Waals surface area contributed by atoms with Crippen LogP contribution in [0.2, 0.25) is 0 Å². The SMILES string of the molecule is CCOc1ccc(-c2nc(-c3cccc(CN4CCCC4)c3)n[nH]2)cc1.Cl. The number of nitrogens with one attached hydrogen (secondary N) is 1. The Labute approximate surface area is 166 Å². The molecule has 1 N–H and O–H groups in total. The van der Waals surface area contributed by atoms with Gasteiger partial charge in [-0.25, -0.2) is 4.98 Å². The van der Waals surface area contributed by atoms with E-state index in [4.69, 9.17) is 4.74 Å². The second-order valence-corrected chi connectivity index (χ2v) is 6.65. The van der Waals surface area contributed by atoms with Crippen molar-refractivity contribution in [3.63, 3.8) is 0 Å². The highest BCUT2D eigenvalue weighted by Crippen LogP contribution is 2.23. The smallest absolute Gasteiger partial charge is 0.181 e. The fraction of sp³-hybridized carbons (Fsp3) is 0.333. The van der Waals surface area contributed by atoms with Gasteiger partial charge in [-0.1, -0.05) is 18.2 Å². The maximum atomic E-state index is 5.49. The Morgan fingerprint density at radius 1 is 1.04 bits per heavy atom. The molecule has 1 saturated heterocycles. The fourth-order valence-electron chi connectivity index (χ4n) is 3.40. The molecule has 0 bridgehead atoms. The van der Waals surface area contributed by atoms with Crippen LogP contribution in [0, 0.1) is 0 Å². The van der Waals surface area contributed by atoms with Crippen molar-refractivity contribution in [2.45, 2.75) is 26.3 Å². The van der Waals surface area contributed by atoms with Gasteiger partial charge in [0, 0.05) is 17.7 Å². The lowest BCUT2D eigenvalue weighted by atomic mass is 10.1. The maximum Gasteiger partial charge on any atom is 0.181 e. The molecule has 2 aromatic carbocycles. The zero-order chi connectivity index (χ0) is 17.8.